The third-order valence-electron chi connectivity index (χ3n) is 4.79. The zero-order chi connectivity index (χ0) is 17.3. The van der Waals surface area contributed by atoms with Crippen molar-refractivity contribution in [3.63, 3.8) is 0 Å². The van der Waals surface area contributed by atoms with Crippen molar-refractivity contribution in [3.05, 3.63) is 65.0 Å². The Bertz CT molecular complexity index is 773. The largest absolute Gasteiger partial charge is 0.481 e. The van der Waals surface area contributed by atoms with Crippen molar-refractivity contribution >= 4 is 11.9 Å². The number of aromatic nitrogens is 1. The molecule has 5 heteroatoms. The van der Waals surface area contributed by atoms with Gasteiger partial charge in [-0.05, 0) is 42.2 Å². The molecule has 24 heavy (non-hydrogen) atoms. The van der Waals surface area contributed by atoms with Crippen LogP contribution in [0.4, 0.5) is 0 Å². The van der Waals surface area contributed by atoms with E-state index in [1.54, 1.807) is 17.3 Å². The lowest BCUT2D eigenvalue weighted by atomic mass is 9.89. The summed E-state index contributed by atoms with van der Waals surface area (Å²) in [6, 6.07) is 9.11. The predicted molar refractivity (Wildman–Crippen MR) is 89.2 cm³/mol. The topological polar surface area (TPSA) is 70.5 Å². The SMILES string of the molecule is Cc1cccc([C@@H]2[C@@H](C(=O)O)CC(=O)N2Cc2cccnc2)c1C. The van der Waals surface area contributed by atoms with Crippen LogP contribution in [-0.4, -0.2) is 26.9 Å². The van der Waals surface area contributed by atoms with Crippen LogP contribution in [0.1, 0.15) is 34.7 Å². The fraction of sp³-hybridized carbons (Fsp3) is 0.316. The summed E-state index contributed by atoms with van der Waals surface area (Å²) in [7, 11) is 0. The third-order valence-corrected chi connectivity index (χ3v) is 4.79. The molecule has 1 aliphatic rings. The Hall–Kier alpha value is -2.69. The second kappa shape index (κ2) is 6.43. The van der Waals surface area contributed by atoms with Gasteiger partial charge in [-0.15, -0.1) is 0 Å². The molecule has 0 bridgehead atoms. The predicted octanol–water partition coefficient (Wildman–Crippen LogP) is 2.87. The molecule has 124 valence electrons. The van der Waals surface area contributed by atoms with Crippen molar-refractivity contribution in [1.82, 2.24) is 9.88 Å². The maximum Gasteiger partial charge on any atom is 0.309 e. The van der Waals surface area contributed by atoms with E-state index in [1.165, 1.54) is 0 Å². The van der Waals surface area contributed by atoms with Gasteiger partial charge in [0.2, 0.25) is 5.91 Å². The van der Waals surface area contributed by atoms with Crippen LogP contribution < -0.4 is 0 Å². The summed E-state index contributed by atoms with van der Waals surface area (Å²) in [5, 5.41) is 9.62. The van der Waals surface area contributed by atoms with E-state index in [2.05, 4.69) is 4.98 Å². The normalized spacial score (nSPS) is 20.4. The summed E-state index contributed by atoms with van der Waals surface area (Å²) in [5.41, 5.74) is 3.95. The van der Waals surface area contributed by atoms with Crippen molar-refractivity contribution < 1.29 is 14.7 Å². The van der Waals surface area contributed by atoms with Gasteiger partial charge in [-0.2, -0.15) is 0 Å². The minimum atomic E-state index is -0.928. The lowest BCUT2D eigenvalue weighted by Gasteiger charge is -2.29. The zero-order valence-corrected chi connectivity index (χ0v) is 13.8. The number of amides is 1. The van der Waals surface area contributed by atoms with Gasteiger partial charge in [0.1, 0.15) is 0 Å². The van der Waals surface area contributed by atoms with Gasteiger partial charge in [0.25, 0.3) is 0 Å². The number of hydrogen-bond donors (Lipinski definition) is 1. The number of aryl methyl sites for hydroxylation is 1. The van der Waals surface area contributed by atoms with Crippen LogP contribution in [0, 0.1) is 19.8 Å². The monoisotopic (exact) mass is 324 g/mol. The number of carboxylic acid groups (broad SMARTS) is 1. The molecule has 2 atom stereocenters. The molecule has 0 unspecified atom stereocenters. The first-order chi connectivity index (χ1) is 11.5. The second-order valence-corrected chi connectivity index (χ2v) is 6.27. The average molecular weight is 324 g/mol. The molecule has 0 radical (unpaired) electrons. The van der Waals surface area contributed by atoms with Crippen molar-refractivity contribution in [3.8, 4) is 0 Å². The Morgan fingerprint density at radius 1 is 1.29 bits per heavy atom. The number of benzene rings is 1. The van der Waals surface area contributed by atoms with Gasteiger partial charge in [0.05, 0.1) is 12.0 Å². The van der Waals surface area contributed by atoms with Crippen molar-refractivity contribution in [2.24, 2.45) is 5.92 Å². The van der Waals surface area contributed by atoms with Gasteiger partial charge in [-0.1, -0.05) is 24.3 Å². The highest BCUT2D eigenvalue weighted by molar-refractivity contribution is 5.87. The van der Waals surface area contributed by atoms with Crippen molar-refractivity contribution in [1.29, 1.82) is 0 Å². The number of likely N-dealkylation sites (tertiary alicyclic amines) is 1. The van der Waals surface area contributed by atoms with E-state index in [0.717, 1.165) is 22.3 Å². The van der Waals surface area contributed by atoms with E-state index in [1.807, 2.05) is 44.2 Å². The maximum absolute atomic E-state index is 12.5. The van der Waals surface area contributed by atoms with E-state index in [0.29, 0.717) is 6.54 Å². The quantitative estimate of drug-likeness (QED) is 0.939. The summed E-state index contributed by atoms with van der Waals surface area (Å²) < 4.78 is 0. The Labute approximate surface area is 140 Å². The van der Waals surface area contributed by atoms with Crippen LogP contribution in [-0.2, 0) is 16.1 Å². The Kier molecular flexibility index (Phi) is 4.34. The van der Waals surface area contributed by atoms with E-state index < -0.39 is 17.9 Å². The Morgan fingerprint density at radius 2 is 2.08 bits per heavy atom. The molecule has 1 aromatic heterocycles. The van der Waals surface area contributed by atoms with Crippen LogP contribution in [0.25, 0.3) is 0 Å². The first kappa shape index (κ1) is 16.2. The molecule has 0 aliphatic carbocycles. The molecule has 3 rings (SSSR count). The number of hydrogen-bond acceptors (Lipinski definition) is 3. The molecule has 0 spiro atoms. The standard InChI is InChI=1S/C19H20N2O3/c1-12-5-3-7-15(13(12)2)18-16(19(23)24)9-17(22)21(18)11-14-6-4-8-20-10-14/h3-8,10,16,18H,9,11H2,1-2H3,(H,23,24)/t16-,18+/m0/s1. The summed E-state index contributed by atoms with van der Waals surface area (Å²) >= 11 is 0. The van der Waals surface area contributed by atoms with E-state index in [9.17, 15) is 14.7 Å². The minimum absolute atomic E-state index is 0.0354. The van der Waals surface area contributed by atoms with Gasteiger partial charge in [0.15, 0.2) is 0 Å². The van der Waals surface area contributed by atoms with Gasteiger partial charge >= 0.3 is 5.97 Å². The Morgan fingerprint density at radius 3 is 2.75 bits per heavy atom. The number of carbonyl (C=O) groups excluding carboxylic acids is 1. The number of nitrogens with zero attached hydrogens (tertiary/aromatic N) is 2. The molecule has 1 saturated heterocycles. The van der Waals surface area contributed by atoms with Crippen LogP contribution >= 0.6 is 0 Å². The second-order valence-electron chi connectivity index (χ2n) is 6.27. The number of aliphatic carboxylic acids is 1. The number of carboxylic acids is 1. The first-order valence-corrected chi connectivity index (χ1v) is 7.96. The fourth-order valence-electron chi connectivity index (χ4n) is 3.37. The molecule has 1 amide bonds. The van der Waals surface area contributed by atoms with Crippen molar-refractivity contribution in [2.45, 2.75) is 32.9 Å². The van der Waals surface area contributed by atoms with Gasteiger partial charge < -0.3 is 10.0 Å². The van der Waals surface area contributed by atoms with Crippen LogP contribution in [0.5, 0.6) is 0 Å². The van der Waals surface area contributed by atoms with Gasteiger partial charge in [-0.25, -0.2) is 0 Å². The maximum atomic E-state index is 12.5. The smallest absolute Gasteiger partial charge is 0.309 e. The lowest BCUT2D eigenvalue weighted by Crippen LogP contribution is -2.30. The molecule has 2 heterocycles. The number of rotatable bonds is 4. The fourth-order valence-corrected chi connectivity index (χ4v) is 3.37. The third kappa shape index (κ3) is 2.89. The molecule has 5 nitrogen and oxygen atoms in total. The number of pyridine rings is 1. The summed E-state index contributed by atoms with van der Waals surface area (Å²) in [4.78, 5) is 30.0. The molecule has 1 aliphatic heterocycles. The van der Waals surface area contributed by atoms with Gasteiger partial charge in [-0.3, -0.25) is 14.6 Å². The first-order valence-electron chi connectivity index (χ1n) is 7.96. The zero-order valence-electron chi connectivity index (χ0n) is 13.8. The molecule has 1 aromatic carbocycles. The highest BCUT2D eigenvalue weighted by Gasteiger charge is 2.45. The molecule has 2 aromatic rings. The number of carbonyl (C=O) groups is 2. The lowest BCUT2D eigenvalue weighted by molar-refractivity contribution is -0.142. The molecular weight excluding hydrogens is 304 g/mol. The van der Waals surface area contributed by atoms with E-state index in [4.69, 9.17) is 0 Å². The van der Waals surface area contributed by atoms with Gasteiger partial charge in [0, 0.05) is 25.4 Å². The molecule has 0 saturated carbocycles. The Balaban J connectivity index is 2.03. The minimum Gasteiger partial charge on any atom is -0.481 e. The molecular formula is C19H20N2O3. The van der Waals surface area contributed by atoms with Crippen LogP contribution in [0.15, 0.2) is 42.7 Å². The molecule has 1 N–H and O–H groups in total. The van der Waals surface area contributed by atoms with Crippen molar-refractivity contribution in [2.75, 3.05) is 0 Å². The van der Waals surface area contributed by atoms with E-state index >= 15 is 0 Å². The van der Waals surface area contributed by atoms with E-state index in [-0.39, 0.29) is 12.3 Å². The summed E-state index contributed by atoms with van der Waals surface area (Å²) in [6.45, 7) is 4.35. The molecule has 1 fully saturated rings. The average Bonchev–Trinajstić information content (AvgIpc) is 2.88. The highest BCUT2D eigenvalue weighted by Crippen LogP contribution is 2.41. The van der Waals surface area contributed by atoms with Crippen LogP contribution in [0.2, 0.25) is 0 Å². The van der Waals surface area contributed by atoms with Crippen LogP contribution in [0.3, 0.4) is 0 Å². The summed E-state index contributed by atoms with van der Waals surface area (Å²) in [6.07, 6.45) is 3.42. The highest BCUT2D eigenvalue weighted by atomic mass is 16.4. The summed E-state index contributed by atoms with van der Waals surface area (Å²) in [5.74, 6) is -1.78.